The monoisotopic (exact) mass is 505 g/mol. The van der Waals surface area contributed by atoms with Crippen LogP contribution in [0.3, 0.4) is 0 Å². The number of rotatable bonds is 14. The minimum Gasteiger partial charge on any atom is -0.463 e. The van der Waals surface area contributed by atoms with E-state index >= 15 is 0 Å². The maximum Gasteiger partial charge on any atom is 0.372 e. The van der Waals surface area contributed by atoms with E-state index in [9.17, 15) is 14.4 Å². The van der Waals surface area contributed by atoms with E-state index in [4.69, 9.17) is 23.7 Å². The normalized spacial score (nSPS) is 17.4. The number of ether oxygens (including phenoxy) is 5. The Balaban J connectivity index is 2.44. The number of hydrogen-bond donors (Lipinski definition) is 0. The predicted molar refractivity (Wildman–Crippen MR) is 130 cm³/mol. The van der Waals surface area contributed by atoms with Crippen LogP contribution in [0.25, 0.3) is 0 Å². The highest BCUT2D eigenvalue weighted by atomic mass is 16.6. The average Bonchev–Trinajstić information content (AvgIpc) is 2.84. The van der Waals surface area contributed by atoms with Gasteiger partial charge in [-0.05, 0) is 40.7 Å². The van der Waals surface area contributed by atoms with Crippen molar-refractivity contribution < 1.29 is 42.6 Å². The van der Waals surface area contributed by atoms with Gasteiger partial charge in [0.2, 0.25) is 6.54 Å². The van der Waals surface area contributed by atoms with Gasteiger partial charge in [0.15, 0.2) is 12.4 Å². The second-order valence-corrected chi connectivity index (χ2v) is 8.02. The molecule has 1 aliphatic heterocycles. The van der Waals surface area contributed by atoms with Crippen molar-refractivity contribution in [3.8, 4) is 0 Å². The third-order valence-corrected chi connectivity index (χ3v) is 5.50. The van der Waals surface area contributed by atoms with Gasteiger partial charge in [-0.3, -0.25) is 9.79 Å². The van der Waals surface area contributed by atoms with Crippen molar-refractivity contribution in [3.05, 3.63) is 41.4 Å². The summed E-state index contributed by atoms with van der Waals surface area (Å²) in [7, 11) is 0. The van der Waals surface area contributed by atoms with Crippen LogP contribution in [0, 0.1) is 5.92 Å². The van der Waals surface area contributed by atoms with Crippen molar-refractivity contribution in [2.75, 3.05) is 46.2 Å². The Morgan fingerprint density at radius 3 is 2.22 bits per heavy atom. The summed E-state index contributed by atoms with van der Waals surface area (Å²) in [6.45, 7) is 10.8. The van der Waals surface area contributed by atoms with E-state index < -0.39 is 29.7 Å². The van der Waals surface area contributed by atoms with Gasteiger partial charge in [0, 0.05) is 42.2 Å². The van der Waals surface area contributed by atoms with Gasteiger partial charge in [-0.1, -0.05) is 0 Å². The molecule has 1 aromatic heterocycles. The Hall–Kier alpha value is -3.11. The molecule has 10 heteroatoms. The fourth-order valence-electron chi connectivity index (χ4n) is 4.00. The lowest BCUT2D eigenvalue weighted by atomic mass is 9.76. The molecule has 0 spiro atoms. The SMILES string of the molecule is CCOCCOC(=O)C1=C(C)N=C(C)C(C(=O)OCCOCC)C1c1ccc[n+](CC(=O)OCC)c1. The second kappa shape index (κ2) is 15.1. The molecule has 2 unspecified atom stereocenters. The van der Waals surface area contributed by atoms with Crippen LogP contribution in [0.1, 0.15) is 46.1 Å². The number of nitrogens with zero attached hydrogens (tertiary/aromatic N) is 2. The number of aliphatic imine (C=N–C) groups is 1. The smallest absolute Gasteiger partial charge is 0.372 e. The van der Waals surface area contributed by atoms with E-state index in [1.807, 2.05) is 13.8 Å². The highest BCUT2D eigenvalue weighted by Crippen LogP contribution is 2.39. The highest BCUT2D eigenvalue weighted by Gasteiger charge is 2.43. The number of allylic oxidation sites excluding steroid dienone is 1. The lowest BCUT2D eigenvalue weighted by Crippen LogP contribution is -2.41. The Morgan fingerprint density at radius 1 is 0.917 bits per heavy atom. The van der Waals surface area contributed by atoms with Crippen LogP contribution in [0.15, 0.2) is 40.8 Å². The topological polar surface area (TPSA) is 114 Å². The molecular weight excluding hydrogens is 468 g/mol. The van der Waals surface area contributed by atoms with Gasteiger partial charge in [-0.15, -0.1) is 0 Å². The summed E-state index contributed by atoms with van der Waals surface area (Å²) in [5.41, 5.74) is 1.88. The van der Waals surface area contributed by atoms with Crippen LogP contribution in [-0.4, -0.2) is 69.9 Å². The first-order chi connectivity index (χ1) is 17.3. The molecule has 0 N–H and O–H groups in total. The average molecular weight is 506 g/mol. The van der Waals surface area contributed by atoms with Crippen molar-refractivity contribution in [2.24, 2.45) is 10.9 Å². The number of esters is 3. The van der Waals surface area contributed by atoms with Crippen molar-refractivity contribution >= 4 is 23.6 Å². The lowest BCUT2D eigenvalue weighted by molar-refractivity contribution is -0.686. The molecule has 36 heavy (non-hydrogen) atoms. The zero-order chi connectivity index (χ0) is 26.5. The van der Waals surface area contributed by atoms with Crippen molar-refractivity contribution in [3.63, 3.8) is 0 Å². The van der Waals surface area contributed by atoms with E-state index in [1.165, 1.54) is 0 Å². The molecule has 1 aromatic rings. The first-order valence-corrected chi connectivity index (χ1v) is 12.2. The molecule has 1 aliphatic rings. The largest absolute Gasteiger partial charge is 0.463 e. The molecule has 0 radical (unpaired) electrons. The minimum atomic E-state index is -0.858. The van der Waals surface area contributed by atoms with Gasteiger partial charge >= 0.3 is 17.9 Å². The van der Waals surface area contributed by atoms with E-state index in [0.29, 0.717) is 30.2 Å². The zero-order valence-corrected chi connectivity index (χ0v) is 21.8. The van der Waals surface area contributed by atoms with Gasteiger partial charge in [0.05, 0.1) is 25.4 Å². The van der Waals surface area contributed by atoms with Crippen LogP contribution in [0.2, 0.25) is 0 Å². The third kappa shape index (κ3) is 8.23. The van der Waals surface area contributed by atoms with Crippen LogP contribution in [0.5, 0.6) is 0 Å². The van der Waals surface area contributed by atoms with Crippen molar-refractivity contribution in [2.45, 2.75) is 47.1 Å². The number of aromatic nitrogens is 1. The molecule has 2 heterocycles. The summed E-state index contributed by atoms with van der Waals surface area (Å²) in [5, 5.41) is 0. The summed E-state index contributed by atoms with van der Waals surface area (Å²) < 4.78 is 28.2. The van der Waals surface area contributed by atoms with Gasteiger partial charge in [0.1, 0.15) is 19.1 Å². The van der Waals surface area contributed by atoms with E-state index in [1.54, 1.807) is 49.9 Å². The summed E-state index contributed by atoms with van der Waals surface area (Å²) >= 11 is 0. The highest BCUT2D eigenvalue weighted by molar-refractivity contribution is 6.07. The fraction of sp³-hybridized carbons (Fsp3) is 0.577. The molecule has 0 aliphatic carbocycles. The number of pyridine rings is 1. The summed E-state index contributed by atoms with van der Waals surface area (Å²) in [6.07, 6.45) is 3.44. The lowest BCUT2D eigenvalue weighted by Gasteiger charge is -2.31. The Kier molecular flexibility index (Phi) is 12.2. The van der Waals surface area contributed by atoms with Crippen LogP contribution in [-0.2, 0) is 44.6 Å². The van der Waals surface area contributed by atoms with Crippen molar-refractivity contribution in [1.82, 2.24) is 0 Å². The van der Waals surface area contributed by atoms with Gasteiger partial charge in [0.25, 0.3) is 0 Å². The van der Waals surface area contributed by atoms with E-state index in [2.05, 4.69) is 4.99 Å². The molecule has 2 atom stereocenters. The number of carbonyl (C=O) groups is 3. The molecule has 2 rings (SSSR count). The molecule has 0 saturated carbocycles. The van der Waals surface area contributed by atoms with Crippen LogP contribution >= 0.6 is 0 Å². The molecular formula is C26H37N2O8+. The second-order valence-electron chi connectivity index (χ2n) is 8.02. The maximum atomic E-state index is 13.2. The van der Waals surface area contributed by atoms with Gasteiger partial charge < -0.3 is 23.7 Å². The third-order valence-electron chi connectivity index (χ3n) is 5.50. The van der Waals surface area contributed by atoms with E-state index in [-0.39, 0.29) is 45.2 Å². The summed E-state index contributed by atoms with van der Waals surface area (Å²) in [4.78, 5) is 43.0. The molecule has 0 amide bonds. The number of carbonyl (C=O) groups excluding carboxylic acids is 3. The predicted octanol–water partition coefficient (Wildman–Crippen LogP) is 2.14. The first-order valence-electron chi connectivity index (χ1n) is 12.2. The fourth-order valence-corrected chi connectivity index (χ4v) is 4.00. The molecule has 198 valence electrons. The Labute approximate surface area is 212 Å². The van der Waals surface area contributed by atoms with Gasteiger partial charge in [-0.25, -0.2) is 9.59 Å². The molecule has 0 aromatic carbocycles. The van der Waals surface area contributed by atoms with Crippen molar-refractivity contribution in [1.29, 1.82) is 0 Å². The van der Waals surface area contributed by atoms with Gasteiger partial charge in [-0.2, -0.15) is 4.57 Å². The first kappa shape index (κ1) is 29.1. The standard InChI is InChI=1S/C26H37N2O8/c1-6-32-12-14-35-25(30)22-18(4)27-19(5)23(26(31)36-15-13-33-7-2)24(22)20-10-9-11-28(16-20)17-21(29)34-8-3/h9-11,16,22,24H,6-8,12-15,17H2,1-5H3/q+1. The van der Waals surface area contributed by atoms with Crippen LogP contribution < -0.4 is 4.57 Å². The Bertz CT molecular complexity index is 972. The molecule has 0 bridgehead atoms. The Morgan fingerprint density at radius 2 is 1.58 bits per heavy atom. The summed E-state index contributed by atoms with van der Waals surface area (Å²) in [5.74, 6) is -3.08. The molecule has 0 saturated heterocycles. The molecule has 10 nitrogen and oxygen atoms in total. The minimum absolute atomic E-state index is 0.0121. The molecule has 0 fully saturated rings. The summed E-state index contributed by atoms with van der Waals surface area (Å²) in [6, 6.07) is 3.55. The van der Waals surface area contributed by atoms with E-state index in [0.717, 1.165) is 0 Å². The number of hydrogen-bond acceptors (Lipinski definition) is 9. The quantitative estimate of drug-likeness (QED) is 0.164. The maximum absolute atomic E-state index is 13.2. The zero-order valence-electron chi connectivity index (χ0n) is 21.8. The van der Waals surface area contributed by atoms with Crippen LogP contribution in [0.4, 0.5) is 0 Å².